The number of aromatic nitrogens is 2. The van der Waals surface area contributed by atoms with E-state index in [0.717, 1.165) is 12.8 Å². The van der Waals surface area contributed by atoms with Crippen LogP contribution in [0.2, 0.25) is 0 Å². The van der Waals surface area contributed by atoms with Crippen molar-refractivity contribution in [1.29, 1.82) is 0 Å². The predicted octanol–water partition coefficient (Wildman–Crippen LogP) is 2.49. The number of carbonyl (C=O) groups excluding carboxylic acids is 1. The minimum Gasteiger partial charge on any atom is -0.335 e. The summed E-state index contributed by atoms with van der Waals surface area (Å²) < 4.78 is 1.46. The topological polar surface area (TPSA) is 59.3 Å². The number of aliphatic imine (C=N–C) groups is 1. The van der Waals surface area contributed by atoms with Crippen molar-refractivity contribution in [3.8, 4) is 12.3 Å². The summed E-state index contributed by atoms with van der Waals surface area (Å²) in [5, 5.41) is 3.04. The Morgan fingerprint density at radius 1 is 1.52 bits per heavy atom. The van der Waals surface area contributed by atoms with E-state index in [-0.39, 0.29) is 12.1 Å². The molecule has 1 N–H and O–H groups in total. The van der Waals surface area contributed by atoms with Gasteiger partial charge < -0.3 is 5.32 Å². The summed E-state index contributed by atoms with van der Waals surface area (Å²) >= 11 is 0. The van der Waals surface area contributed by atoms with Gasteiger partial charge in [-0.15, -0.1) is 6.42 Å². The van der Waals surface area contributed by atoms with Crippen LogP contribution in [0, 0.1) is 12.3 Å². The fourth-order valence-electron chi connectivity index (χ4n) is 2.49. The van der Waals surface area contributed by atoms with Crippen molar-refractivity contribution in [2.24, 2.45) is 4.99 Å². The lowest BCUT2D eigenvalue weighted by Crippen LogP contribution is -2.38. The smallest absolute Gasteiger partial charge is 0.327 e. The molecule has 0 saturated heterocycles. The van der Waals surface area contributed by atoms with Crippen molar-refractivity contribution in [3.05, 3.63) is 24.3 Å². The number of hydrogen-bond acceptors (Lipinski definition) is 3. The minimum absolute atomic E-state index is 0.144. The Morgan fingerprint density at radius 2 is 2.29 bits per heavy atom. The molecule has 1 saturated carbocycles. The quantitative estimate of drug-likeness (QED) is 0.685. The summed E-state index contributed by atoms with van der Waals surface area (Å²) in [6.45, 7) is 0. The minimum atomic E-state index is -0.144. The van der Waals surface area contributed by atoms with E-state index in [1.165, 1.54) is 30.2 Å². The first kappa shape index (κ1) is 15.0. The number of hydrogen-bond donors (Lipinski definition) is 1. The molecule has 5 nitrogen and oxygen atoms in total. The molecule has 0 aromatic carbocycles. The molecule has 0 spiro atoms. The van der Waals surface area contributed by atoms with Gasteiger partial charge in [0.1, 0.15) is 6.33 Å². The van der Waals surface area contributed by atoms with Crippen molar-refractivity contribution in [1.82, 2.24) is 14.9 Å². The molecule has 1 heterocycles. The van der Waals surface area contributed by atoms with Crippen LogP contribution in [-0.2, 0) is 0 Å². The van der Waals surface area contributed by atoms with Crippen LogP contribution >= 0.6 is 0 Å². The van der Waals surface area contributed by atoms with Crippen LogP contribution in [0.1, 0.15) is 37.8 Å². The number of carbonyl (C=O) groups is 1. The Labute approximate surface area is 125 Å². The summed E-state index contributed by atoms with van der Waals surface area (Å²) in [4.78, 5) is 20.3. The van der Waals surface area contributed by atoms with Crippen LogP contribution in [0.15, 0.2) is 23.6 Å². The lowest BCUT2D eigenvalue weighted by molar-refractivity contribution is 0.234. The maximum atomic E-state index is 12.2. The number of allylic oxidation sites excluding steroid dienone is 2. The highest BCUT2D eigenvalue weighted by molar-refractivity contribution is 6.09. The second kappa shape index (κ2) is 7.44. The normalized spacial score (nSPS) is 16.9. The van der Waals surface area contributed by atoms with Gasteiger partial charge in [0.25, 0.3) is 0 Å². The van der Waals surface area contributed by atoms with E-state index < -0.39 is 0 Å². The molecule has 1 fully saturated rings. The molecule has 1 aliphatic rings. The molecule has 0 radical (unpaired) electrons. The van der Waals surface area contributed by atoms with Gasteiger partial charge in [0.15, 0.2) is 0 Å². The Bertz CT molecular complexity index is 586. The van der Waals surface area contributed by atoms with Crippen LogP contribution in [0.4, 0.5) is 4.79 Å². The summed E-state index contributed by atoms with van der Waals surface area (Å²) in [5.41, 5.74) is 1.35. The zero-order valence-electron chi connectivity index (χ0n) is 12.2. The van der Waals surface area contributed by atoms with Gasteiger partial charge in [-0.05, 0) is 18.9 Å². The van der Waals surface area contributed by atoms with E-state index in [0.29, 0.717) is 11.3 Å². The van der Waals surface area contributed by atoms with Gasteiger partial charge in [0, 0.05) is 31.1 Å². The number of rotatable bonds is 3. The van der Waals surface area contributed by atoms with Crippen LogP contribution in [-0.4, -0.2) is 34.9 Å². The van der Waals surface area contributed by atoms with Crippen molar-refractivity contribution in [2.45, 2.75) is 38.1 Å². The van der Waals surface area contributed by atoms with E-state index in [1.807, 2.05) is 0 Å². The van der Waals surface area contributed by atoms with Crippen molar-refractivity contribution in [2.75, 3.05) is 7.05 Å². The fraction of sp³-hybridized carbons (Fsp3) is 0.438. The maximum absolute atomic E-state index is 12.2. The highest BCUT2D eigenvalue weighted by Crippen LogP contribution is 2.17. The van der Waals surface area contributed by atoms with Crippen LogP contribution in [0.3, 0.4) is 0 Å². The first-order valence-corrected chi connectivity index (χ1v) is 7.18. The Balaban J connectivity index is 2.06. The highest BCUT2D eigenvalue weighted by Gasteiger charge is 2.17. The molecule has 0 unspecified atom stereocenters. The second-order valence-electron chi connectivity index (χ2n) is 5.10. The third-order valence-corrected chi connectivity index (χ3v) is 3.55. The Kier molecular flexibility index (Phi) is 5.33. The van der Waals surface area contributed by atoms with E-state index >= 15 is 0 Å². The third kappa shape index (κ3) is 4.06. The summed E-state index contributed by atoms with van der Waals surface area (Å²) in [6, 6.07) is 0.129. The van der Waals surface area contributed by atoms with Gasteiger partial charge in [-0.25, -0.2) is 9.78 Å². The summed E-state index contributed by atoms with van der Waals surface area (Å²) in [6.07, 6.45) is 17.4. The van der Waals surface area contributed by atoms with Crippen molar-refractivity contribution < 1.29 is 4.79 Å². The molecule has 0 bridgehead atoms. The van der Waals surface area contributed by atoms with Gasteiger partial charge in [-0.3, -0.25) is 9.56 Å². The summed E-state index contributed by atoms with van der Waals surface area (Å²) in [5.74, 6) is 2.45. The Hall–Kier alpha value is -2.35. The zero-order chi connectivity index (χ0) is 15.1. The van der Waals surface area contributed by atoms with Gasteiger partial charge >= 0.3 is 6.03 Å². The number of amides is 1. The number of terminal acetylenes is 1. The highest BCUT2D eigenvalue weighted by atomic mass is 16.2. The van der Waals surface area contributed by atoms with Gasteiger partial charge in [0.2, 0.25) is 0 Å². The van der Waals surface area contributed by atoms with Gasteiger partial charge in [-0.1, -0.05) is 25.2 Å². The van der Waals surface area contributed by atoms with E-state index in [1.54, 1.807) is 25.5 Å². The average Bonchev–Trinajstić information content (AvgIpc) is 2.98. The first-order valence-electron chi connectivity index (χ1n) is 7.18. The molecule has 0 atom stereocenters. The molecule has 1 aliphatic carbocycles. The first-order chi connectivity index (χ1) is 10.2. The fourth-order valence-corrected chi connectivity index (χ4v) is 2.49. The molecule has 1 amide bonds. The van der Waals surface area contributed by atoms with E-state index in [2.05, 4.69) is 21.2 Å². The molecule has 1 aromatic heterocycles. The van der Waals surface area contributed by atoms with Crippen LogP contribution < -0.4 is 5.32 Å². The number of imidazole rings is 1. The van der Waals surface area contributed by atoms with E-state index in [4.69, 9.17) is 6.42 Å². The maximum Gasteiger partial charge on any atom is 0.327 e. The third-order valence-electron chi connectivity index (χ3n) is 3.55. The van der Waals surface area contributed by atoms with Crippen LogP contribution in [0.25, 0.3) is 5.57 Å². The summed E-state index contributed by atoms with van der Waals surface area (Å²) in [7, 11) is 1.66. The van der Waals surface area contributed by atoms with Crippen molar-refractivity contribution >= 4 is 17.8 Å². The van der Waals surface area contributed by atoms with Crippen LogP contribution in [0.5, 0.6) is 0 Å². The zero-order valence-corrected chi connectivity index (χ0v) is 12.2. The van der Waals surface area contributed by atoms with E-state index in [9.17, 15) is 4.79 Å². The predicted molar refractivity (Wildman–Crippen MR) is 84.3 cm³/mol. The number of nitrogens with one attached hydrogen (secondary N) is 1. The lowest BCUT2D eigenvalue weighted by atomic mass is 9.96. The molecule has 2 rings (SSSR count). The molecule has 21 heavy (non-hydrogen) atoms. The second-order valence-corrected chi connectivity index (χ2v) is 5.10. The van der Waals surface area contributed by atoms with Crippen molar-refractivity contribution in [3.63, 3.8) is 0 Å². The lowest BCUT2D eigenvalue weighted by Gasteiger charge is -2.22. The molecular weight excluding hydrogens is 264 g/mol. The Morgan fingerprint density at radius 3 is 2.95 bits per heavy atom. The van der Waals surface area contributed by atoms with Gasteiger partial charge in [-0.2, -0.15) is 0 Å². The standard InChI is InChI=1S/C16H20N4O/c1-3-7-13(10-17-2)15-11-20(12-18-15)16(21)19-14-8-5-4-6-9-14/h1,7,10-12,14H,4-6,8-9H2,2H3,(H,19,21)/b13-7+,17-10?. The van der Waals surface area contributed by atoms with Gasteiger partial charge in [0.05, 0.1) is 5.69 Å². The monoisotopic (exact) mass is 284 g/mol. The average molecular weight is 284 g/mol. The molecular formula is C16H20N4O. The molecule has 110 valence electrons. The molecule has 5 heteroatoms. The number of nitrogens with zero attached hydrogens (tertiary/aromatic N) is 3. The largest absolute Gasteiger partial charge is 0.335 e. The molecule has 0 aliphatic heterocycles. The molecule has 1 aromatic rings. The SMILES string of the molecule is C#C/C=C(\C=NC)c1cn(C(=O)NC2CCCCC2)cn1.